The summed E-state index contributed by atoms with van der Waals surface area (Å²) in [5.41, 5.74) is 6.22. The fourth-order valence-corrected chi connectivity index (χ4v) is 3.22. The molecule has 2 N–H and O–H groups in total. The monoisotopic (exact) mass is 364 g/mol. The van der Waals surface area contributed by atoms with Gasteiger partial charge < -0.3 is 10.6 Å². The van der Waals surface area contributed by atoms with Crippen LogP contribution in [0.3, 0.4) is 0 Å². The van der Waals surface area contributed by atoms with Crippen molar-refractivity contribution >= 4 is 5.91 Å². The summed E-state index contributed by atoms with van der Waals surface area (Å²) in [6.45, 7) is 0.991. The number of likely N-dealkylation sites (tertiary alicyclic amines) is 1. The predicted molar refractivity (Wildman–Crippen MR) is 88.7 cm³/mol. The molecule has 2 heterocycles. The van der Waals surface area contributed by atoms with E-state index in [4.69, 9.17) is 5.73 Å². The number of amides is 1. The van der Waals surface area contributed by atoms with Gasteiger partial charge in [0.05, 0.1) is 0 Å². The van der Waals surface area contributed by atoms with E-state index in [-0.39, 0.29) is 29.6 Å². The highest BCUT2D eigenvalue weighted by molar-refractivity contribution is 5.90. The molecule has 1 aromatic carbocycles. The fourth-order valence-electron chi connectivity index (χ4n) is 3.22. The number of rotatable bonds is 4. The number of carbonyl (C=O) groups is 1. The van der Waals surface area contributed by atoms with Gasteiger partial charge in [0, 0.05) is 37.6 Å². The standard InChI is InChI=1S/C18H19F3N4O/c19-13-10-15(21)14(20)8-12(13)9-16(22)11-2-6-25(7-3-11)18(26)17-23-4-1-5-24-17/h1,4-5,8,10-11,16H,2-3,6-7,9,22H2. The van der Waals surface area contributed by atoms with Crippen molar-refractivity contribution in [2.45, 2.75) is 25.3 Å². The molecule has 0 saturated carbocycles. The van der Waals surface area contributed by atoms with E-state index in [2.05, 4.69) is 9.97 Å². The second-order valence-electron chi connectivity index (χ2n) is 6.43. The van der Waals surface area contributed by atoms with Gasteiger partial charge in [0.2, 0.25) is 5.82 Å². The van der Waals surface area contributed by atoms with E-state index in [0.29, 0.717) is 32.0 Å². The molecule has 0 aliphatic carbocycles. The first-order valence-electron chi connectivity index (χ1n) is 8.41. The zero-order valence-corrected chi connectivity index (χ0v) is 14.0. The third-order valence-electron chi connectivity index (χ3n) is 4.73. The molecule has 0 bridgehead atoms. The van der Waals surface area contributed by atoms with E-state index >= 15 is 0 Å². The maximum Gasteiger partial charge on any atom is 0.291 e. The molecule has 138 valence electrons. The molecule has 1 fully saturated rings. The number of hydrogen-bond donors (Lipinski definition) is 1. The molecule has 0 radical (unpaired) electrons. The van der Waals surface area contributed by atoms with Gasteiger partial charge in [-0.15, -0.1) is 0 Å². The smallest absolute Gasteiger partial charge is 0.291 e. The van der Waals surface area contributed by atoms with Crippen molar-refractivity contribution in [2.75, 3.05) is 13.1 Å². The van der Waals surface area contributed by atoms with Crippen molar-refractivity contribution < 1.29 is 18.0 Å². The van der Waals surface area contributed by atoms with Crippen LogP contribution in [-0.2, 0) is 6.42 Å². The Labute approximate surface area is 149 Å². The highest BCUT2D eigenvalue weighted by atomic mass is 19.2. The van der Waals surface area contributed by atoms with Crippen LogP contribution < -0.4 is 5.73 Å². The molecule has 1 aliphatic heterocycles. The van der Waals surface area contributed by atoms with Crippen molar-refractivity contribution in [3.05, 3.63) is 59.4 Å². The Morgan fingerprint density at radius 3 is 2.38 bits per heavy atom. The third-order valence-corrected chi connectivity index (χ3v) is 4.73. The Bertz CT molecular complexity index is 780. The predicted octanol–water partition coefficient (Wildman–Crippen LogP) is 2.32. The minimum atomic E-state index is -1.21. The number of carbonyl (C=O) groups excluding carboxylic acids is 1. The molecule has 3 rings (SSSR count). The molecule has 2 aromatic rings. The van der Waals surface area contributed by atoms with E-state index in [0.717, 1.165) is 6.07 Å². The summed E-state index contributed by atoms with van der Waals surface area (Å²) in [6.07, 6.45) is 4.43. The summed E-state index contributed by atoms with van der Waals surface area (Å²) in [5.74, 6) is -3.12. The first-order chi connectivity index (χ1) is 12.5. The quantitative estimate of drug-likeness (QED) is 0.845. The molecule has 1 unspecified atom stereocenters. The van der Waals surface area contributed by atoms with Crippen molar-refractivity contribution in [3.8, 4) is 0 Å². The van der Waals surface area contributed by atoms with E-state index in [1.807, 2.05) is 0 Å². The minimum absolute atomic E-state index is 0.0586. The minimum Gasteiger partial charge on any atom is -0.336 e. The van der Waals surface area contributed by atoms with Gasteiger partial charge in [-0.2, -0.15) is 0 Å². The van der Waals surface area contributed by atoms with Crippen LogP contribution in [0.4, 0.5) is 13.2 Å². The number of benzene rings is 1. The van der Waals surface area contributed by atoms with Crippen LogP contribution in [0, 0.1) is 23.4 Å². The highest BCUT2D eigenvalue weighted by Gasteiger charge is 2.28. The molecule has 26 heavy (non-hydrogen) atoms. The Kier molecular flexibility index (Phi) is 5.51. The SMILES string of the molecule is NC(Cc1cc(F)c(F)cc1F)C1CCN(C(=O)c2ncccn2)CC1. The second kappa shape index (κ2) is 7.82. The van der Waals surface area contributed by atoms with Crippen molar-refractivity contribution in [1.82, 2.24) is 14.9 Å². The van der Waals surface area contributed by atoms with E-state index in [1.54, 1.807) is 11.0 Å². The lowest BCUT2D eigenvalue weighted by atomic mass is 9.86. The number of halogens is 3. The van der Waals surface area contributed by atoms with Crippen LogP contribution in [0.2, 0.25) is 0 Å². The number of nitrogens with two attached hydrogens (primary N) is 1. The molecule has 1 aliphatic rings. The molecule has 1 aromatic heterocycles. The summed E-state index contributed by atoms with van der Waals surface area (Å²) in [6, 6.07) is 2.63. The number of nitrogens with zero attached hydrogens (tertiary/aromatic N) is 3. The summed E-state index contributed by atoms with van der Waals surface area (Å²) in [7, 11) is 0. The van der Waals surface area contributed by atoms with E-state index in [9.17, 15) is 18.0 Å². The topological polar surface area (TPSA) is 72.1 Å². The largest absolute Gasteiger partial charge is 0.336 e. The van der Waals surface area contributed by atoms with Gasteiger partial charge in [-0.25, -0.2) is 23.1 Å². The zero-order chi connectivity index (χ0) is 18.7. The van der Waals surface area contributed by atoms with Crippen LogP contribution in [0.5, 0.6) is 0 Å². The van der Waals surface area contributed by atoms with Crippen LogP contribution in [0.1, 0.15) is 29.0 Å². The lowest BCUT2D eigenvalue weighted by Crippen LogP contribution is -2.44. The van der Waals surface area contributed by atoms with Gasteiger partial charge in [-0.1, -0.05) is 0 Å². The normalized spacial score (nSPS) is 16.5. The van der Waals surface area contributed by atoms with Gasteiger partial charge >= 0.3 is 0 Å². The van der Waals surface area contributed by atoms with Gasteiger partial charge in [0.1, 0.15) is 5.82 Å². The summed E-state index contributed by atoms with van der Waals surface area (Å²) >= 11 is 0. The van der Waals surface area contributed by atoms with Crippen molar-refractivity contribution in [1.29, 1.82) is 0 Å². The van der Waals surface area contributed by atoms with Crippen LogP contribution >= 0.6 is 0 Å². The third kappa shape index (κ3) is 4.01. The maximum atomic E-state index is 13.8. The summed E-state index contributed by atoms with van der Waals surface area (Å²) < 4.78 is 40.1. The molecular formula is C18H19F3N4O. The Hall–Kier alpha value is -2.48. The average Bonchev–Trinajstić information content (AvgIpc) is 2.66. The first-order valence-corrected chi connectivity index (χ1v) is 8.41. The zero-order valence-electron chi connectivity index (χ0n) is 14.0. The lowest BCUT2D eigenvalue weighted by molar-refractivity contribution is 0.0665. The Morgan fingerprint density at radius 2 is 1.73 bits per heavy atom. The van der Waals surface area contributed by atoms with Gasteiger partial charge in [0.15, 0.2) is 11.6 Å². The molecule has 0 spiro atoms. The van der Waals surface area contributed by atoms with Gasteiger partial charge in [0.25, 0.3) is 5.91 Å². The van der Waals surface area contributed by atoms with Crippen molar-refractivity contribution in [3.63, 3.8) is 0 Å². The van der Waals surface area contributed by atoms with Gasteiger partial charge in [-0.3, -0.25) is 4.79 Å². The number of aromatic nitrogens is 2. The molecule has 8 heteroatoms. The highest BCUT2D eigenvalue weighted by Crippen LogP contribution is 2.24. The maximum absolute atomic E-state index is 13.8. The molecule has 5 nitrogen and oxygen atoms in total. The molecule has 1 atom stereocenters. The van der Waals surface area contributed by atoms with Crippen molar-refractivity contribution in [2.24, 2.45) is 11.7 Å². The molecule has 1 saturated heterocycles. The molecular weight excluding hydrogens is 345 g/mol. The number of piperidine rings is 1. The van der Waals surface area contributed by atoms with Crippen LogP contribution in [0.25, 0.3) is 0 Å². The van der Waals surface area contributed by atoms with Gasteiger partial charge in [-0.05, 0) is 42.9 Å². The summed E-state index contributed by atoms with van der Waals surface area (Å²) in [5, 5.41) is 0. The lowest BCUT2D eigenvalue weighted by Gasteiger charge is -2.34. The summed E-state index contributed by atoms with van der Waals surface area (Å²) in [4.78, 5) is 21.9. The molecule has 1 amide bonds. The first kappa shape index (κ1) is 18.3. The van der Waals surface area contributed by atoms with E-state index in [1.165, 1.54) is 12.4 Å². The Morgan fingerprint density at radius 1 is 1.12 bits per heavy atom. The van der Waals surface area contributed by atoms with E-state index < -0.39 is 23.5 Å². The van der Waals surface area contributed by atoms with Crippen LogP contribution in [0.15, 0.2) is 30.6 Å². The average molecular weight is 364 g/mol. The fraction of sp³-hybridized carbons (Fsp3) is 0.389. The number of hydrogen-bond acceptors (Lipinski definition) is 4. The Balaban J connectivity index is 1.58. The second-order valence-corrected chi connectivity index (χ2v) is 6.43. The van der Waals surface area contributed by atoms with Crippen LogP contribution in [-0.4, -0.2) is 39.9 Å².